The lowest BCUT2D eigenvalue weighted by atomic mass is 10.0. The molecule has 2 aromatic carbocycles. The predicted molar refractivity (Wildman–Crippen MR) is 126 cm³/mol. The Morgan fingerprint density at radius 1 is 1.06 bits per heavy atom. The monoisotopic (exact) mass is 466 g/mol. The molecule has 3 rings (SSSR count). The first-order valence-electron chi connectivity index (χ1n) is 10.5. The molecule has 178 valence electrons. The fourth-order valence-corrected chi connectivity index (χ4v) is 3.10. The van der Waals surface area contributed by atoms with Crippen molar-refractivity contribution in [2.24, 2.45) is 0 Å². The molecule has 1 heterocycles. The third kappa shape index (κ3) is 6.58. The van der Waals surface area contributed by atoms with E-state index in [1.54, 1.807) is 36.4 Å². The average Bonchev–Trinajstić information content (AvgIpc) is 3.28. The second-order valence-corrected chi connectivity index (χ2v) is 8.13. The number of rotatable bonds is 9. The number of nitrogens with zero attached hydrogens (tertiary/aromatic N) is 1. The molecule has 1 aromatic heterocycles. The largest absolute Gasteiger partial charge is 0.478 e. The Kier molecular flexibility index (Phi) is 7.52. The third-order valence-electron chi connectivity index (χ3n) is 4.93. The number of methoxy groups -OCH3 is 1. The Hall–Kier alpha value is -4.34. The second kappa shape index (κ2) is 10.5. The Balaban J connectivity index is 1.51. The number of anilines is 2. The van der Waals surface area contributed by atoms with Crippen LogP contribution >= 0.6 is 0 Å². The van der Waals surface area contributed by atoms with Crippen molar-refractivity contribution in [1.29, 1.82) is 0 Å². The quantitative estimate of drug-likeness (QED) is 0.352. The van der Waals surface area contributed by atoms with Crippen LogP contribution in [0.15, 0.2) is 59.1 Å². The van der Waals surface area contributed by atoms with Crippen molar-refractivity contribution in [2.75, 3.05) is 24.3 Å². The molecule has 0 spiro atoms. The normalized spacial score (nSPS) is 10.9. The summed E-state index contributed by atoms with van der Waals surface area (Å²) in [5.74, 6) is -2.08. The van der Waals surface area contributed by atoms with Crippen LogP contribution in [0.25, 0.3) is 11.3 Å². The lowest BCUT2D eigenvalue weighted by Gasteiger charge is -2.26. The van der Waals surface area contributed by atoms with E-state index in [4.69, 9.17) is 14.3 Å². The summed E-state index contributed by atoms with van der Waals surface area (Å²) >= 11 is 0. The fourth-order valence-electron chi connectivity index (χ4n) is 3.10. The summed E-state index contributed by atoms with van der Waals surface area (Å²) in [5, 5.41) is 17.4. The number of carbonyl (C=O) groups is 3. The van der Waals surface area contributed by atoms with E-state index in [1.807, 2.05) is 13.8 Å². The highest BCUT2D eigenvalue weighted by atomic mass is 16.6. The number of carboxylic acids is 1. The summed E-state index contributed by atoms with van der Waals surface area (Å²) in [4.78, 5) is 39.8. The number of oxazole rings is 1. The molecule has 4 N–H and O–H groups in total. The number of aromatic nitrogens is 1. The average molecular weight is 466 g/mol. The van der Waals surface area contributed by atoms with Crippen LogP contribution < -0.4 is 20.7 Å². The van der Waals surface area contributed by atoms with Crippen LogP contribution in [0.5, 0.6) is 6.08 Å². The van der Waals surface area contributed by atoms with Crippen molar-refractivity contribution in [3.63, 3.8) is 0 Å². The van der Waals surface area contributed by atoms with Gasteiger partial charge in [0.15, 0.2) is 5.76 Å². The molecule has 0 unspecified atom stereocenters. The maximum absolute atomic E-state index is 12.5. The number of hydrogen-bond donors (Lipinski definition) is 4. The molecule has 0 saturated carbocycles. The SMILES string of the molecule is COc1ncc(-c2cccc(NC(=O)C(=O)NC(C)(C)CCNc3ccc(C(=O)O)cc3)c2)o1. The van der Waals surface area contributed by atoms with Gasteiger partial charge >= 0.3 is 23.9 Å². The zero-order valence-corrected chi connectivity index (χ0v) is 19.0. The number of hydrogen-bond acceptors (Lipinski definition) is 7. The molecule has 0 atom stereocenters. The summed E-state index contributed by atoms with van der Waals surface area (Å²) in [6.45, 7) is 4.13. The van der Waals surface area contributed by atoms with Crippen molar-refractivity contribution in [2.45, 2.75) is 25.8 Å². The highest BCUT2D eigenvalue weighted by Gasteiger charge is 2.24. The van der Waals surface area contributed by atoms with Gasteiger partial charge < -0.3 is 30.2 Å². The van der Waals surface area contributed by atoms with Gasteiger partial charge in [-0.15, -0.1) is 0 Å². The van der Waals surface area contributed by atoms with E-state index in [0.29, 0.717) is 30.0 Å². The molecule has 0 fully saturated rings. The van der Waals surface area contributed by atoms with Crippen molar-refractivity contribution in [3.05, 3.63) is 60.3 Å². The number of aromatic carboxylic acids is 1. The highest BCUT2D eigenvalue weighted by Crippen LogP contribution is 2.25. The van der Waals surface area contributed by atoms with Crippen molar-refractivity contribution < 1.29 is 28.6 Å². The zero-order chi connectivity index (χ0) is 24.7. The summed E-state index contributed by atoms with van der Waals surface area (Å²) < 4.78 is 10.3. The molecule has 10 heteroatoms. The van der Waals surface area contributed by atoms with Crippen molar-refractivity contribution in [3.8, 4) is 17.4 Å². The van der Waals surface area contributed by atoms with Gasteiger partial charge in [0, 0.05) is 29.0 Å². The number of ether oxygens (including phenoxy) is 1. The molecule has 0 saturated heterocycles. The zero-order valence-electron chi connectivity index (χ0n) is 19.0. The first kappa shape index (κ1) is 24.3. The Morgan fingerprint density at radius 3 is 2.44 bits per heavy atom. The lowest BCUT2D eigenvalue weighted by molar-refractivity contribution is -0.137. The minimum Gasteiger partial charge on any atom is -0.478 e. The topological polar surface area (TPSA) is 143 Å². The number of carbonyl (C=O) groups excluding carboxylic acids is 2. The molecule has 0 radical (unpaired) electrons. The van der Waals surface area contributed by atoms with E-state index in [9.17, 15) is 14.4 Å². The molecule has 0 aliphatic rings. The third-order valence-corrected chi connectivity index (χ3v) is 4.93. The maximum Gasteiger partial charge on any atom is 0.393 e. The summed E-state index contributed by atoms with van der Waals surface area (Å²) in [5.41, 5.74) is 1.39. The molecule has 0 bridgehead atoms. The first-order valence-corrected chi connectivity index (χ1v) is 10.5. The minimum absolute atomic E-state index is 0.123. The van der Waals surface area contributed by atoms with E-state index in [1.165, 1.54) is 25.4 Å². The summed E-state index contributed by atoms with van der Waals surface area (Å²) in [6, 6.07) is 13.2. The lowest BCUT2D eigenvalue weighted by Crippen LogP contribution is -2.48. The molecular formula is C24H26N4O6. The smallest absolute Gasteiger partial charge is 0.393 e. The van der Waals surface area contributed by atoms with E-state index in [0.717, 1.165) is 5.69 Å². The van der Waals surface area contributed by atoms with Gasteiger partial charge in [0.25, 0.3) is 0 Å². The molecule has 10 nitrogen and oxygen atoms in total. The van der Waals surface area contributed by atoms with Gasteiger partial charge in [-0.25, -0.2) is 4.79 Å². The predicted octanol–water partition coefficient (Wildman–Crippen LogP) is 3.38. The molecule has 0 aliphatic heterocycles. The van der Waals surface area contributed by atoms with Crippen molar-refractivity contribution in [1.82, 2.24) is 10.3 Å². The van der Waals surface area contributed by atoms with Gasteiger partial charge in [0.05, 0.1) is 18.9 Å². The van der Waals surface area contributed by atoms with Crippen LogP contribution in [-0.2, 0) is 9.59 Å². The Labute approximate surface area is 196 Å². The van der Waals surface area contributed by atoms with Gasteiger partial charge in [0.2, 0.25) is 0 Å². The van der Waals surface area contributed by atoms with Crippen LogP contribution in [-0.4, -0.2) is 47.1 Å². The number of nitrogens with one attached hydrogen (secondary N) is 3. The second-order valence-electron chi connectivity index (χ2n) is 8.13. The number of benzene rings is 2. The summed E-state index contributed by atoms with van der Waals surface area (Å²) in [6.07, 6.45) is 2.15. The molecular weight excluding hydrogens is 440 g/mol. The van der Waals surface area contributed by atoms with Gasteiger partial charge in [-0.05, 0) is 56.7 Å². The summed E-state index contributed by atoms with van der Waals surface area (Å²) in [7, 11) is 1.45. The van der Waals surface area contributed by atoms with E-state index in [2.05, 4.69) is 20.9 Å². The van der Waals surface area contributed by atoms with Crippen LogP contribution in [0.4, 0.5) is 11.4 Å². The minimum atomic E-state index is -0.987. The maximum atomic E-state index is 12.5. The van der Waals surface area contributed by atoms with E-state index < -0.39 is 23.3 Å². The highest BCUT2D eigenvalue weighted by molar-refractivity contribution is 6.39. The standard InChI is InChI=1S/C24H26N4O6/c1-24(2,11-12-25-17-9-7-15(8-10-17)22(31)32)28-21(30)20(29)27-18-6-4-5-16(13-18)19-14-26-23(33-3)34-19/h4-10,13-14,25H,11-12H2,1-3H3,(H,27,29)(H,28,30)(H,31,32). The van der Waals surface area contributed by atoms with Crippen LogP contribution in [0.3, 0.4) is 0 Å². The molecule has 2 amide bonds. The van der Waals surface area contributed by atoms with Crippen LogP contribution in [0.2, 0.25) is 0 Å². The Morgan fingerprint density at radius 2 is 1.79 bits per heavy atom. The molecule has 34 heavy (non-hydrogen) atoms. The van der Waals surface area contributed by atoms with Gasteiger partial charge in [-0.3, -0.25) is 9.59 Å². The van der Waals surface area contributed by atoms with Gasteiger partial charge in [-0.1, -0.05) is 12.1 Å². The van der Waals surface area contributed by atoms with Crippen LogP contribution in [0.1, 0.15) is 30.6 Å². The Bertz CT molecular complexity index is 1170. The van der Waals surface area contributed by atoms with E-state index >= 15 is 0 Å². The number of carboxylic acid groups (broad SMARTS) is 1. The van der Waals surface area contributed by atoms with Crippen molar-refractivity contribution >= 4 is 29.2 Å². The van der Waals surface area contributed by atoms with Gasteiger partial charge in [-0.2, -0.15) is 4.98 Å². The number of amides is 2. The van der Waals surface area contributed by atoms with E-state index in [-0.39, 0.29) is 11.6 Å². The van der Waals surface area contributed by atoms with Gasteiger partial charge in [0.1, 0.15) is 0 Å². The fraction of sp³-hybridized carbons (Fsp3) is 0.250. The van der Waals surface area contributed by atoms with Crippen LogP contribution in [0, 0.1) is 0 Å². The molecule has 3 aromatic rings. The molecule has 0 aliphatic carbocycles. The first-order chi connectivity index (χ1) is 16.2.